The summed E-state index contributed by atoms with van der Waals surface area (Å²) in [7, 11) is 0. The van der Waals surface area contributed by atoms with E-state index in [-0.39, 0.29) is 0 Å². The molecule has 0 bridgehead atoms. The largest absolute Gasteiger partial charge is 0.486 e. The van der Waals surface area contributed by atoms with Gasteiger partial charge in [0.1, 0.15) is 19.3 Å². The quantitative estimate of drug-likeness (QED) is 0.748. The summed E-state index contributed by atoms with van der Waals surface area (Å²) in [6, 6.07) is 5.05. The van der Waals surface area contributed by atoms with Crippen molar-refractivity contribution in [3.05, 3.63) is 23.3 Å². The Morgan fingerprint density at radius 3 is 2.53 bits per heavy atom. The molecule has 1 aliphatic heterocycles. The van der Waals surface area contributed by atoms with Crippen LogP contribution in [0, 0.1) is 18.3 Å². The zero-order valence-electron chi connectivity index (χ0n) is 8.49. The van der Waals surface area contributed by atoms with Crippen LogP contribution in [0.25, 0.3) is 0 Å². The molecule has 1 aliphatic rings. The number of hydrogen-bond donors (Lipinski definition) is 1. The second-order valence-electron chi connectivity index (χ2n) is 3.46. The molecule has 4 nitrogen and oxygen atoms in total. The molecule has 1 heterocycles. The van der Waals surface area contributed by atoms with Crippen LogP contribution in [0.2, 0.25) is 0 Å². The Balaban J connectivity index is 2.46. The molecule has 1 atom stereocenters. The van der Waals surface area contributed by atoms with Crippen LogP contribution in [-0.2, 0) is 0 Å². The molecular formula is C11H12N2O2. The number of aryl methyl sites for hydroxylation is 1. The van der Waals surface area contributed by atoms with E-state index in [1.165, 1.54) is 0 Å². The number of nitrogens with zero attached hydrogens (tertiary/aromatic N) is 1. The molecule has 4 heteroatoms. The molecule has 0 saturated carbocycles. The maximum atomic E-state index is 8.77. The fourth-order valence-electron chi connectivity index (χ4n) is 1.61. The monoisotopic (exact) mass is 204 g/mol. The van der Waals surface area contributed by atoms with E-state index >= 15 is 0 Å². The molecule has 0 saturated heterocycles. The van der Waals surface area contributed by atoms with Gasteiger partial charge in [0.2, 0.25) is 0 Å². The van der Waals surface area contributed by atoms with Gasteiger partial charge >= 0.3 is 0 Å². The number of fused-ring (bicyclic) bond motifs is 1. The van der Waals surface area contributed by atoms with Gasteiger partial charge in [-0.25, -0.2) is 0 Å². The Morgan fingerprint density at radius 2 is 1.93 bits per heavy atom. The maximum Gasteiger partial charge on any atom is 0.161 e. The normalized spacial score (nSPS) is 15.5. The van der Waals surface area contributed by atoms with Gasteiger partial charge in [0, 0.05) is 0 Å². The SMILES string of the molecule is Cc1cc2c(cc1C(N)C#N)OCCO2. The Bertz CT molecular complexity index is 423. The van der Waals surface area contributed by atoms with Crippen molar-refractivity contribution in [3.63, 3.8) is 0 Å². The standard InChI is InChI=1S/C11H12N2O2/c1-7-4-10-11(15-3-2-14-10)5-8(7)9(13)6-12/h4-5,9H,2-3,13H2,1H3. The van der Waals surface area contributed by atoms with Crippen molar-refractivity contribution in [1.82, 2.24) is 0 Å². The van der Waals surface area contributed by atoms with E-state index in [2.05, 4.69) is 0 Å². The van der Waals surface area contributed by atoms with Gasteiger partial charge in [0.05, 0.1) is 6.07 Å². The van der Waals surface area contributed by atoms with Crippen LogP contribution in [0.4, 0.5) is 0 Å². The molecule has 2 rings (SSSR count). The third-order valence-corrected chi connectivity index (χ3v) is 2.40. The van der Waals surface area contributed by atoms with Crippen molar-refractivity contribution in [1.29, 1.82) is 5.26 Å². The number of benzene rings is 1. The molecule has 0 spiro atoms. The van der Waals surface area contributed by atoms with Crippen molar-refractivity contribution in [2.45, 2.75) is 13.0 Å². The van der Waals surface area contributed by atoms with Crippen LogP contribution in [0.15, 0.2) is 12.1 Å². The molecule has 15 heavy (non-hydrogen) atoms. The summed E-state index contributed by atoms with van der Waals surface area (Å²) in [5.74, 6) is 1.40. The average molecular weight is 204 g/mol. The lowest BCUT2D eigenvalue weighted by Crippen LogP contribution is -2.17. The summed E-state index contributed by atoms with van der Waals surface area (Å²) in [6.07, 6.45) is 0. The Hall–Kier alpha value is -1.73. The third kappa shape index (κ3) is 1.74. The number of nitrogens with two attached hydrogens (primary N) is 1. The first-order chi connectivity index (χ1) is 7.22. The van der Waals surface area contributed by atoms with E-state index in [1.807, 2.05) is 19.1 Å². The van der Waals surface area contributed by atoms with Crippen LogP contribution in [0.1, 0.15) is 17.2 Å². The van der Waals surface area contributed by atoms with Gasteiger partial charge in [-0.2, -0.15) is 5.26 Å². The van der Waals surface area contributed by atoms with Gasteiger partial charge in [-0.3, -0.25) is 0 Å². The number of nitriles is 1. The molecule has 1 aromatic rings. The van der Waals surface area contributed by atoms with Crippen LogP contribution >= 0.6 is 0 Å². The Kier molecular flexibility index (Phi) is 2.48. The van der Waals surface area contributed by atoms with Gasteiger partial charge in [-0.05, 0) is 30.2 Å². The first kappa shape index (κ1) is 9.81. The molecule has 2 N–H and O–H groups in total. The van der Waals surface area contributed by atoms with Crippen molar-refractivity contribution in [3.8, 4) is 17.6 Å². The van der Waals surface area contributed by atoms with Gasteiger partial charge < -0.3 is 15.2 Å². The highest BCUT2D eigenvalue weighted by molar-refractivity contribution is 5.49. The van der Waals surface area contributed by atoms with Gasteiger partial charge in [-0.15, -0.1) is 0 Å². The highest BCUT2D eigenvalue weighted by Gasteiger charge is 2.16. The van der Waals surface area contributed by atoms with Crippen molar-refractivity contribution in [2.75, 3.05) is 13.2 Å². The second-order valence-corrected chi connectivity index (χ2v) is 3.46. The van der Waals surface area contributed by atoms with Gasteiger partial charge in [0.15, 0.2) is 11.5 Å². The lowest BCUT2D eigenvalue weighted by atomic mass is 10.0. The van der Waals surface area contributed by atoms with Crippen molar-refractivity contribution < 1.29 is 9.47 Å². The van der Waals surface area contributed by atoms with E-state index in [1.54, 1.807) is 6.07 Å². The topological polar surface area (TPSA) is 68.3 Å². The lowest BCUT2D eigenvalue weighted by Gasteiger charge is -2.20. The van der Waals surface area contributed by atoms with E-state index < -0.39 is 6.04 Å². The summed E-state index contributed by atoms with van der Waals surface area (Å²) in [4.78, 5) is 0. The number of rotatable bonds is 1. The molecule has 1 unspecified atom stereocenters. The molecule has 1 aromatic carbocycles. The van der Waals surface area contributed by atoms with Gasteiger partial charge in [0.25, 0.3) is 0 Å². The van der Waals surface area contributed by atoms with Crippen molar-refractivity contribution >= 4 is 0 Å². The smallest absolute Gasteiger partial charge is 0.161 e. The molecule has 0 aliphatic carbocycles. The maximum absolute atomic E-state index is 8.77. The van der Waals surface area contributed by atoms with Gasteiger partial charge in [-0.1, -0.05) is 0 Å². The minimum atomic E-state index is -0.610. The van der Waals surface area contributed by atoms with Crippen LogP contribution in [-0.4, -0.2) is 13.2 Å². The van der Waals surface area contributed by atoms with Crippen LogP contribution in [0.3, 0.4) is 0 Å². The van der Waals surface area contributed by atoms with E-state index in [9.17, 15) is 0 Å². The molecule has 0 fully saturated rings. The highest BCUT2D eigenvalue weighted by Crippen LogP contribution is 2.34. The predicted molar refractivity (Wildman–Crippen MR) is 54.7 cm³/mol. The van der Waals surface area contributed by atoms with Crippen LogP contribution in [0.5, 0.6) is 11.5 Å². The summed E-state index contributed by atoms with van der Waals surface area (Å²) in [5, 5.41) is 8.77. The molecular weight excluding hydrogens is 192 g/mol. The first-order valence-corrected chi connectivity index (χ1v) is 4.77. The van der Waals surface area contributed by atoms with E-state index in [0.717, 1.165) is 16.9 Å². The molecule has 0 radical (unpaired) electrons. The zero-order chi connectivity index (χ0) is 10.8. The summed E-state index contributed by atoms with van der Waals surface area (Å²) in [5.41, 5.74) is 7.42. The first-order valence-electron chi connectivity index (χ1n) is 4.77. The Labute approximate surface area is 88.2 Å². The molecule has 0 aromatic heterocycles. The van der Waals surface area contributed by atoms with Crippen LogP contribution < -0.4 is 15.2 Å². The average Bonchev–Trinajstić information content (AvgIpc) is 2.27. The lowest BCUT2D eigenvalue weighted by molar-refractivity contribution is 0.171. The summed E-state index contributed by atoms with van der Waals surface area (Å²) >= 11 is 0. The van der Waals surface area contributed by atoms with E-state index in [4.69, 9.17) is 20.5 Å². The zero-order valence-corrected chi connectivity index (χ0v) is 8.49. The number of hydrogen-bond acceptors (Lipinski definition) is 4. The Morgan fingerprint density at radius 1 is 1.33 bits per heavy atom. The summed E-state index contributed by atoms with van der Waals surface area (Å²) < 4.78 is 10.8. The molecule has 0 amide bonds. The fraction of sp³-hybridized carbons (Fsp3) is 0.364. The fourth-order valence-corrected chi connectivity index (χ4v) is 1.61. The predicted octanol–water partition coefficient (Wildman–Crippen LogP) is 1.29. The molecule has 78 valence electrons. The number of ether oxygens (including phenoxy) is 2. The highest BCUT2D eigenvalue weighted by atomic mass is 16.6. The summed E-state index contributed by atoms with van der Waals surface area (Å²) in [6.45, 7) is 3.01. The minimum Gasteiger partial charge on any atom is -0.486 e. The minimum absolute atomic E-state index is 0.539. The second kappa shape index (κ2) is 3.79. The third-order valence-electron chi connectivity index (χ3n) is 2.40. The van der Waals surface area contributed by atoms with Crippen molar-refractivity contribution in [2.24, 2.45) is 5.73 Å². The van der Waals surface area contributed by atoms with E-state index in [0.29, 0.717) is 19.0 Å².